The van der Waals surface area contributed by atoms with Gasteiger partial charge in [0.2, 0.25) is 0 Å². The van der Waals surface area contributed by atoms with E-state index in [2.05, 4.69) is 0 Å². The van der Waals surface area contributed by atoms with Crippen LogP contribution >= 0.6 is 0 Å². The van der Waals surface area contributed by atoms with Crippen molar-refractivity contribution in [3.63, 3.8) is 0 Å². The molecule has 0 saturated heterocycles. The van der Waals surface area contributed by atoms with Crippen LogP contribution in [0.3, 0.4) is 0 Å². The standard InChI is InChI=1S/C15H10FNO3/c1-20-14-7-10(3-4-11(14)15(18)19)12-6-9(8-17)2-5-13(12)16/h2-7H,1H3,(H,18,19). The minimum Gasteiger partial charge on any atom is -0.496 e. The van der Waals surface area contributed by atoms with Crippen LogP contribution in [0.2, 0.25) is 0 Å². The quantitative estimate of drug-likeness (QED) is 0.931. The molecule has 100 valence electrons. The number of carbonyl (C=O) groups is 1. The molecule has 0 aromatic heterocycles. The van der Waals surface area contributed by atoms with Gasteiger partial charge in [-0.2, -0.15) is 5.26 Å². The Morgan fingerprint density at radius 2 is 2.05 bits per heavy atom. The first kappa shape index (κ1) is 13.6. The Morgan fingerprint density at radius 3 is 2.65 bits per heavy atom. The third-order valence-corrected chi connectivity index (χ3v) is 2.84. The summed E-state index contributed by atoms with van der Waals surface area (Å²) < 4.78 is 18.8. The number of carboxylic acids is 1. The molecule has 0 atom stereocenters. The molecule has 2 rings (SSSR count). The van der Waals surface area contributed by atoms with Crippen LogP contribution in [-0.4, -0.2) is 18.2 Å². The lowest BCUT2D eigenvalue weighted by molar-refractivity contribution is 0.0693. The lowest BCUT2D eigenvalue weighted by Gasteiger charge is -2.09. The summed E-state index contributed by atoms with van der Waals surface area (Å²) in [5, 5.41) is 17.8. The van der Waals surface area contributed by atoms with Gasteiger partial charge in [0.1, 0.15) is 17.1 Å². The predicted octanol–water partition coefficient (Wildman–Crippen LogP) is 3.07. The maximum Gasteiger partial charge on any atom is 0.339 e. The van der Waals surface area contributed by atoms with E-state index in [1.54, 1.807) is 0 Å². The number of halogens is 1. The zero-order chi connectivity index (χ0) is 14.7. The molecule has 0 spiro atoms. The summed E-state index contributed by atoms with van der Waals surface area (Å²) in [6.45, 7) is 0. The molecule has 0 bridgehead atoms. The fourth-order valence-electron chi connectivity index (χ4n) is 1.85. The summed E-state index contributed by atoms with van der Waals surface area (Å²) in [7, 11) is 1.34. The Labute approximate surface area is 114 Å². The number of nitriles is 1. The van der Waals surface area contributed by atoms with Gasteiger partial charge in [-0.1, -0.05) is 6.07 Å². The monoisotopic (exact) mass is 271 g/mol. The Kier molecular flexibility index (Phi) is 3.67. The molecular weight excluding hydrogens is 261 g/mol. The Balaban J connectivity index is 2.59. The van der Waals surface area contributed by atoms with Crippen LogP contribution in [0.1, 0.15) is 15.9 Å². The van der Waals surface area contributed by atoms with E-state index in [0.29, 0.717) is 11.1 Å². The summed E-state index contributed by atoms with van der Waals surface area (Å²) in [5.41, 5.74) is 0.983. The average molecular weight is 271 g/mol. The van der Waals surface area contributed by atoms with Gasteiger partial charge in [0.15, 0.2) is 0 Å². The largest absolute Gasteiger partial charge is 0.496 e. The van der Waals surface area contributed by atoms with Gasteiger partial charge in [-0.3, -0.25) is 0 Å². The molecule has 0 radical (unpaired) electrons. The fourth-order valence-corrected chi connectivity index (χ4v) is 1.85. The first-order valence-electron chi connectivity index (χ1n) is 5.68. The molecule has 2 aromatic rings. The number of hydrogen-bond acceptors (Lipinski definition) is 3. The highest BCUT2D eigenvalue weighted by Gasteiger charge is 2.14. The molecule has 0 saturated carbocycles. The molecule has 20 heavy (non-hydrogen) atoms. The SMILES string of the molecule is COc1cc(-c2cc(C#N)ccc2F)ccc1C(=O)O. The van der Waals surface area contributed by atoms with Crippen LogP contribution in [-0.2, 0) is 0 Å². The molecule has 0 heterocycles. The third kappa shape index (κ3) is 2.45. The van der Waals surface area contributed by atoms with Crippen LogP contribution in [0.15, 0.2) is 36.4 Å². The lowest BCUT2D eigenvalue weighted by atomic mass is 10.0. The van der Waals surface area contributed by atoms with Gasteiger partial charge in [-0.15, -0.1) is 0 Å². The molecule has 2 aromatic carbocycles. The number of nitrogens with zero attached hydrogens (tertiary/aromatic N) is 1. The highest BCUT2D eigenvalue weighted by atomic mass is 19.1. The average Bonchev–Trinajstić information content (AvgIpc) is 2.47. The number of carboxylic acid groups (broad SMARTS) is 1. The van der Waals surface area contributed by atoms with E-state index in [9.17, 15) is 9.18 Å². The number of benzene rings is 2. The molecule has 0 fully saturated rings. The molecule has 0 aliphatic heterocycles. The summed E-state index contributed by atoms with van der Waals surface area (Å²) in [4.78, 5) is 11.0. The van der Waals surface area contributed by atoms with Crippen molar-refractivity contribution in [1.29, 1.82) is 5.26 Å². The number of rotatable bonds is 3. The van der Waals surface area contributed by atoms with Crippen LogP contribution in [0, 0.1) is 17.1 Å². The van der Waals surface area contributed by atoms with Gasteiger partial charge >= 0.3 is 5.97 Å². The van der Waals surface area contributed by atoms with E-state index < -0.39 is 11.8 Å². The lowest BCUT2D eigenvalue weighted by Crippen LogP contribution is -2.00. The third-order valence-electron chi connectivity index (χ3n) is 2.84. The Morgan fingerprint density at radius 1 is 1.30 bits per heavy atom. The number of aromatic carboxylic acids is 1. The fraction of sp³-hybridized carbons (Fsp3) is 0.0667. The Bertz CT molecular complexity index is 720. The van der Waals surface area contributed by atoms with Gasteiger partial charge in [-0.05, 0) is 35.9 Å². The van der Waals surface area contributed by atoms with Crippen molar-refractivity contribution >= 4 is 5.97 Å². The van der Waals surface area contributed by atoms with Crippen molar-refractivity contribution in [1.82, 2.24) is 0 Å². The second-order valence-electron chi connectivity index (χ2n) is 4.03. The first-order valence-corrected chi connectivity index (χ1v) is 5.68. The normalized spacial score (nSPS) is 9.85. The molecule has 0 amide bonds. The van der Waals surface area contributed by atoms with Crippen molar-refractivity contribution in [3.8, 4) is 22.9 Å². The maximum absolute atomic E-state index is 13.8. The second-order valence-corrected chi connectivity index (χ2v) is 4.03. The maximum atomic E-state index is 13.8. The summed E-state index contributed by atoms with van der Waals surface area (Å²) in [6.07, 6.45) is 0. The van der Waals surface area contributed by atoms with Crippen LogP contribution in [0.25, 0.3) is 11.1 Å². The van der Waals surface area contributed by atoms with Crippen molar-refractivity contribution in [2.24, 2.45) is 0 Å². The minimum absolute atomic E-state index is 0.00639. The van der Waals surface area contributed by atoms with E-state index >= 15 is 0 Å². The minimum atomic E-state index is -1.13. The van der Waals surface area contributed by atoms with E-state index in [0.717, 1.165) is 0 Å². The number of ether oxygens (including phenoxy) is 1. The molecule has 0 aliphatic carbocycles. The summed E-state index contributed by atoms with van der Waals surface area (Å²) >= 11 is 0. The van der Waals surface area contributed by atoms with Gasteiger partial charge in [0, 0.05) is 5.56 Å². The van der Waals surface area contributed by atoms with E-state index in [4.69, 9.17) is 15.1 Å². The van der Waals surface area contributed by atoms with Crippen LogP contribution in [0.4, 0.5) is 4.39 Å². The summed E-state index contributed by atoms with van der Waals surface area (Å²) in [5.74, 6) is -1.48. The predicted molar refractivity (Wildman–Crippen MR) is 70.1 cm³/mol. The number of methoxy groups -OCH3 is 1. The molecule has 0 aliphatic rings. The molecule has 1 N–H and O–H groups in total. The number of hydrogen-bond donors (Lipinski definition) is 1. The van der Waals surface area contributed by atoms with Crippen molar-refractivity contribution in [3.05, 3.63) is 53.3 Å². The van der Waals surface area contributed by atoms with E-state index in [-0.39, 0.29) is 16.9 Å². The van der Waals surface area contributed by atoms with E-state index in [1.165, 1.54) is 43.5 Å². The van der Waals surface area contributed by atoms with Crippen molar-refractivity contribution in [2.45, 2.75) is 0 Å². The van der Waals surface area contributed by atoms with Crippen molar-refractivity contribution in [2.75, 3.05) is 7.11 Å². The molecular formula is C15H10FNO3. The molecule has 4 nitrogen and oxygen atoms in total. The van der Waals surface area contributed by atoms with Gasteiger partial charge in [0.25, 0.3) is 0 Å². The molecule has 5 heteroatoms. The first-order chi connectivity index (χ1) is 9.56. The van der Waals surface area contributed by atoms with Crippen LogP contribution < -0.4 is 4.74 Å². The van der Waals surface area contributed by atoms with Crippen molar-refractivity contribution < 1.29 is 19.0 Å². The van der Waals surface area contributed by atoms with Gasteiger partial charge in [0.05, 0.1) is 18.7 Å². The highest BCUT2D eigenvalue weighted by molar-refractivity contribution is 5.92. The zero-order valence-corrected chi connectivity index (χ0v) is 10.6. The zero-order valence-electron chi connectivity index (χ0n) is 10.6. The van der Waals surface area contributed by atoms with Gasteiger partial charge < -0.3 is 9.84 Å². The molecule has 0 unspecified atom stereocenters. The Hall–Kier alpha value is -2.87. The van der Waals surface area contributed by atoms with E-state index in [1.807, 2.05) is 6.07 Å². The summed E-state index contributed by atoms with van der Waals surface area (Å²) in [6, 6.07) is 10.2. The van der Waals surface area contributed by atoms with Gasteiger partial charge in [-0.25, -0.2) is 9.18 Å². The highest BCUT2D eigenvalue weighted by Crippen LogP contribution is 2.29. The smallest absolute Gasteiger partial charge is 0.339 e. The second kappa shape index (κ2) is 5.41. The van der Waals surface area contributed by atoms with Crippen LogP contribution in [0.5, 0.6) is 5.75 Å². The topological polar surface area (TPSA) is 70.3 Å².